The van der Waals surface area contributed by atoms with Gasteiger partial charge in [0.25, 0.3) is 0 Å². The van der Waals surface area contributed by atoms with E-state index in [9.17, 15) is 4.79 Å². The van der Waals surface area contributed by atoms with Crippen LogP contribution in [0.4, 0.5) is 0 Å². The molecule has 0 aliphatic rings. The number of carbonyl (C=O) groups excluding carboxylic acids is 1. The predicted molar refractivity (Wildman–Crippen MR) is 94.2 cm³/mol. The Bertz CT molecular complexity index is 844. The molecule has 0 aliphatic heterocycles. The lowest BCUT2D eigenvalue weighted by molar-refractivity contribution is 0.0993. The van der Waals surface area contributed by atoms with Crippen molar-refractivity contribution in [2.75, 3.05) is 0 Å². The van der Waals surface area contributed by atoms with Gasteiger partial charge in [0.1, 0.15) is 5.15 Å². The average molecular weight is 342 g/mol. The van der Waals surface area contributed by atoms with E-state index in [2.05, 4.69) is 4.98 Å². The van der Waals surface area contributed by atoms with Gasteiger partial charge in [-0.2, -0.15) is 0 Å². The van der Waals surface area contributed by atoms with Crippen molar-refractivity contribution in [2.45, 2.75) is 6.42 Å². The molecule has 2 nitrogen and oxygen atoms in total. The van der Waals surface area contributed by atoms with E-state index in [1.54, 1.807) is 18.3 Å². The summed E-state index contributed by atoms with van der Waals surface area (Å²) in [5.74, 6) is -0.0514. The van der Waals surface area contributed by atoms with Crippen LogP contribution in [0.15, 0.2) is 66.9 Å². The van der Waals surface area contributed by atoms with Crippen molar-refractivity contribution in [2.24, 2.45) is 0 Å². The molecule has 1 heterocycles. The van der Waals surface area contributed by atoms with Crippen LogP contribution in [0.5, 0.6) is 0 Å². The van der Waals surface area contributed by atoms with Gasteiger partial charge in [-0.05, 0) is 41.0 Å². The molecule has 114 valence electrons. The third kappa shape index (κ3) is 3.61. The second kappa shape index (κ2) is 6.95. The zero-order chi connectivity index (χ0) is 16.2. The van der Waals surface area contributed by atoms with E-state index >= 15 is 0 Å². The Kier molecular flexibility index (Phi) is 4.75. The highest BCUT2D eigenvalue weighted by molar-refractivity contribution is 6.32. The number of halogens is 2. The zero-order valence-corrected chi connectivity index (χ0v) is 13.7. The first-order valence-corrected chi connectivity index (χ1v) is 7.88. The van der Waals surface area contributed by atoms with Crippen LogP contribution in [0.2, 0.25) is 10.2 Å². The normalized spacial score (nSPS) is 10.5. The summed E-state index contributed by atoms with van der Waals surface area (Å²) in [5, 5.41) is 0.922. The number of rotatable bonds is 4. The lowest BCUT2D eigenvalue weighted by atomic mass is 9.95. The van der Waals surface area contributed by atoms with Gasteiger partial charge in [0, 0.05) is 17.6 Å². The molecule has 0 N–H and O–H groups in total. The Hall–Kier alpha value is -2.16. The fourth-order valence-corrected chi connectivity index (χ4v) is 2.80. The van der Waals surface area contributed by atoms with Crippen LogP contribution in [0, 0.1) is 0 Å². The minimum atomic E-state index is -0.0514. The molecule has 0 aliphatic carbocycles. The van der Waals surface area contributed by atoms with E-state index in [-0.39, 0.29) is 17.4 Å². The highest BCUT2D eigenvalue weighted by Crippen LogP contribution is 2.26. The largest absolute Gasteiger partial charge is 0.294 e. The van der Waals surface area contributed by atoms with Gasteiger partial charge < -0.3 is 0 Å². The highest BCUT2D eigenvalue weighted by Gasteiger charge is 2.14. The first-order chi connectivity index (χ1) is 11.1. The monoisotopic (exact) mass is 341 g/mol. The van der Waals surface area contributed by atoms with E-state index in [0.717, 1.165) is 16.7 Å². The quantitative estimate of drug-likeness (QED) is 0.464. The third-order valence-electron chi connectivity index (χ3n) is 3.58. The molecule has 3 aromatic rings. The highest BCUT2D eigenvalue weighted by atomic mass is 35.5. The molecule has 0 saturated heterocycles. The number of aromatic nitrogens is 1. The summed E-state index contributed by atoms with van der Waals surface area (Å²) in [6, 6.07) is 18.8. The number of Topliss-reactive ketones (excluding diaryl/α,β-unsaturated/α-hetero) is 1. The Morgan fingerprint density at radius 2 is 1.65 bits per heavy atom. The van der Waals surface area contributed by atoms with Gasteiger partial charge in [0.15, 0.2) is 5.78 Å². The van der Waals surface area contributed by atoms with Crippen molar-refractivity contribution < 1.29 is 4.79 Å². The molecule has 1 aromatic heterocycles. The number of carbonyl (C=O) groups is 1. The van der Waals surface area contributed by atoms with Crippen LogP contribution in [-0.4, -0.2) is 10.8 Å². The fourth-order valence-electron chi connectivity index (χ4n) is 2.45. The maximum absolute atomic E-state index is 12.5. The summed E-state index contributed by atoms with van der Waals surface area (Å²) in [7, 11) is 0. The summed E-state index contributed by atoms with van der Waals surface area (Å²) in [5.41, 5.74) is 3.42. The molecule has 4 heteroatoms. The molecule has 0 fully saturated rings. The minimum absolute atomic E-state index is 0.0514. The predicted octanol–water partition coefficient (Wildman–Crippen LogP) is 5.48. The number of pyridine rings is 1. The summed E-state index contributed by atoms with van der Waals surface area (Å²) >= 11 is 12.0. The molecular formula is C19H13Cl2NO. The molecule has 0 atom stereocenters. The molecule has 0 saturated carbocycles. The van der Waals surface area contributed by atoms with Gasteiger partial charge in [-0.3, -0.25) is 4.79 Å². The maximum Gasteiger partial charge on any atom is 0.170 e. The van der Waals surface area contributed by atoms with E-state index in [1.807, 2.05) is 48.5 Å². The molecule has 0 radical (unpaired) electrons. The summed E-state index contributed by atoms with van der Waals surface area (Å²) in [6.45, 7) is 0. The van der Waals surface area contributed by atoms with Crippen LogP contribution in [0.25, 0.3) is 11.1 Å². The van der Waals surface area contributed by atoms with Crippen LogP contribution >= 0.6 is 23.2 Å². The molecule has 3 rings (SSSR count). The number of nitrogens with zero attached hydrogens (tertiary/aromatic N) is 1. The number of benzene rings is 2. The van der Waals surface area contributed by atoms with Crippen LogP contribution in [-0.2, 0) is 6.42 Å². The van der Waals surface area contributed by atoms with Gasteiger partial charge in [0.05, 0.1) is 5.56 Å². The third-order valence-corrected chi connectivity index (χ3v) is 4.14. The van der Waals surface area contributed by atoms with E-state index in [0.29, 0.717) is 10.6 Å². The standard InChI is InChI=1S/C19H13Cl2NO/c20-15-9-7-13(8-10-15)16-5-2-1-4-14(16)12-18(23)17-6-3-11-22-19(17)21/h1-11H,12H2. The van der Waals surface area contributed by atoms with Crippen molar-refractivity contribution in [1.82, 2.24) is 4.98 Å². The molecular weight excluding hydrogens is 329 g/mol. The van der Waals surface area contributed by atoms with Gasteiger partial charge >= 0.3 is 0 Å². The Morgan fingerprint density at radius 1 is 0.913 bits per heavy atom. The Labute approximate surface area is 144 Å². The molecule has 2 aromatic carbocycles. The van der Waals surface area contributed by atoms with Gasteiger partial charge in [-0.15, -0.1) is 0 Å². The van der Waals surface area contributed by atoms with Gasteiger partial charge in [-0.1, -0.05) is 59.6 Å². The summed E-state index contributed by atoms with van der Waals surface area (Å²) < 4.78 is 0. The van der Waals surface area contributed by atoms with Gasteiger partial charge in [0.2, 0.25) is 0 Å². The summed E-state index contributed by atoms with van der Waals surface area (Å²) in [4.78, 5) is 16.5. The molecule has 0 bridgehead atoms. The van der Waals surface area contributed by atoms with Crippen molar-refractivity contribution in [1.29, 1.82) is 0 Å². The van der Waals surface area contributed by atoms with Crippen LogP contribution in [0.3, 0.4) is 0 Å². The smallest absolute Gasteiger partial charge is 0.170 e. The number of hydrogen-bond donors (Lipinski definition) is 0. The fraction of sp³-hybridized carbons (Fsp3) is 0.0526. The topological polar surface area (TPSA) is 30.0 Å². The average Bonchev–Trinajstić information content (AvgIpc) is 2.56. The van der Waals surface area contributed by atoms with E-state index in [4.69, 9.17) is 23.2 Å². The Balaban J connectivity index is 1.94. The van der Waals surface area contributed by atoms with Crippen LogP contribution < -0.4 is 0 Å². The molecule has 0 unspecified atom stereocenters. The van der Waals surface area contributed by atoms with Crippen molar-refractivity contribution in [3.05, 3.63) is 88.2 Å². The van der Waals surface area contributed by atoms with Crippen molar-refractivity contribution in [3.63, 3.8) is 0 Å². The lowest BCUT2D eigenvalue weighted by Gasteiger charge is -2.10. The van der Waals surface area contributed by atoms with Crippen LogP contribution in [0.1, 0.15) is 15.9 Å². The van der Waals surface area contributed by atoms with E-state index < -0.39 is 0 Å². The molecule has 0 spiro atoms. The number of ketones is 1. The molecule has 23 heavy (non-hydrogen) atoms. The second-order valence-corrected chi connectivity index (χ2v) is 5.90. The first-order valence-electron chi connectivity index (χ1n) is 7.13. The van der Waals surface area contributed by atoms with Crippen molar-refractivity contribution >= 4 is 29.0 Å². The van der Waals surface area contributed by atoms with Gasteiger partial charge in [-0.25, -0.2) is 4.98 Å². The van der Waals surface area contributed by atoms with Crippen molar-refractivity contribution in [3.8, 4) is 11.1 Å². The zero-order valence-electron chi connectivity index (χ0n) is 12.2. The lowest BCUT2D eigenvalue weighted by Crippen LogP contribution is -2.06. The molecule has 0 amide bonds. The minimum Gasteiger partial charge on any atom is -0.294 e. The summed E-state index contributed by atoms with van der Waals surface area (Å²) in [6.07, 6.45) is 1.84. The number of hydrogen-bond acceptors (Lipinski definition) is 2. The van der Waals surface area contributed by atoms with E-state index in [1.165, 1.54) is 0 Å². The first kappa shape index (κ1) is 15.7. The SMILES string of the molecule is O=C(Cc1ccccc1-c1ccc(Cl)cc1)c1cccnc1Cl. The maximum atomic E-state index is 12.5. The Morgan fingerprint density at radius 3 is 2.39 bits per heavy atom. The second-order valence-electron chi connectivity index (χ2n) is 5.11.